The smallest absolute Gasteiger partial charge is 0.160 e. The van der Waals surface area contributed by atoms with Gasteiger partial charge in [-0.25, -0.2) is 0 Å². The van der Waals surface area contributed by atoms with Crippen LogP contribution in [0.25, 0.3) is 0 Å². The Balaban J connectivity index is 0.00000208. The first-order chi connectivity index (χ1) is 11.2. The first-order valence-corrected chi connectivity index (χ1v) is 8.05. The van der Waals surface area contributed by atoms with Crippen molar-refractivity contribution in [3.63, 3.8) is 0 Å². The fourth-order valence-electron chi connectivity index (χ4n) is 3.12. The molecule has 0 spiro atoms. The molecule has 2 aromatic carbocycles. The quantitative estimate of drug-likeness (QED) is 0.803. The molecule has 1 aliphatic rings. The van der Waals surface area contributed by atoms with Gasteiger partial charge < -0.3 is 9.47 Å². The molecule has 0 saturated heterocycles. The van der Waals surface area contributed by atoms with Crippen molar-refractivity contribution in [2.75, 3.05) is 20.8 Å². The number of rotatable bonds is 5. The molecule has 0 aromatic heterocycles. The van der Waals surface area contributed by atoms with E-state index in [2.05, 4.69) is 37.3 Å². The highest BCUT2D eigenvalue weighted by molar-refractivity contribution is 6.02. The molecular formula is C20H24ClNO2. The lowest BCUT2D eigenvalue weighted by atomic mass is 9.92. The van der Waals surface area contributed by atoms with Gasteiger partial charge in [-0.1, -0.05) is 29.8 Å². The Kier molecular flexibility index (Phi) is 6.27. The second kappa shape index (κ2) is 8.20. The number of ether oxygens (including phenoxy) is 2. The molecule has 24 heavy (non-hydrogen) atoms. The van der Waals surface area contributed by atoms with Crippen molar-refractivity contribution >= 4 is 18.1 Å². The predicted molar refractivity (Wildman–Crippen MR) is 101 cm³/mol. The Labute approximate surface area is 150 Å². The van der Waals surface area contributed by atoms with E-state index < -0.39 is 0 Å². The zero-order valence-electron chi connectivity index (χ0n) is 14.5. The molecule has 4 heteroatoms. The lowest BCUT2D eigenvalue weighted by Crippen LogP contribution is -2.14. The summed E-state index contributed by atoms with van der Waals surface area (Å²) in [4.78, 5) is 4.75. The molecular weight excluding hydrogens is 322 g/mol. The van der Waals surface area contributed by atoms with Gasteiger partial charge in [-0.05, 0) is 55.0 Å². The van der Waals surface area contributed by atoms with Crippen LogP contribution in [0.5, 0.6) is 11.5 Å². The van der Waals surface area contributed by atoms with Crippen molar-refractivity contribution in [3.8, 4) is 11.5 Å². The summed E-state index contributed by atoms with van der Waals surface area (Å²) in [5.74, 6) is 1.55. The second-order valence-electron chi connectivity index (χ2n) is 5.93. The van der Waals surface area contributed by atoms with E-state index in [1.54, 1.807) is 14.2 Å². The Morgan fingerprint density at radius 2 is 1.75 bits per heavy atom. The Bertz CT molecular complexity index is 740. The summed E-state index contributed by atoms with van der Waals surface area (Å²) in [5.41, 5.74) is 6.54. The van der Waals surface area contributed by atoms with Crippen LogP contribution < -0.4 is 9.47 Å². The van der Waals surface area contributed by atoms with Gasteiger partial charge in [0.15, 0.2) is 11.5 Å². The molecule has 0 N–H and O–H groups in total. The molecule has 3 rings (SSSR count). The molecule has 0 bridgehead atoms. The lowest BCUT2D eigenvalue weighted by molar-refractivity contribution is 0.354. The largest absolute Gasteiger partial charge is 0.493 e. The molecule has 0 amide bonds. The minimum absolute atomic E-state index is 0. The minimum Gasteiger partial charge on any atom is -0.493 e. The van der Waals surface area contributed by atoms with Crippen molar-refractivity contribution in [1.29, 1.82) is 0 Å². The first kappa shape index (κ1) is 18.3. The summed E-state index contributed by atoms with van der Waals surface area (Å²) in [6, 6.07) is 12.8. The van der Waals surface area contributed by atoms with Crippen LogP contribution in [0.4, 0.5) is 0 Å². The maximum atomic E-state index is 5.38. The van der Waals surface area contributed by atoms with Crippen LogP contribution in [-0.2, 0) is 12.8 Å². The standard InChI is InChI=1S/C20H23NO2.ClH/c1-14-4-7-17-16(12-14)10-11-21-18(17)8-5-15-6-9-19(22-2)20(13-15)23-3;/h4,6-7,9,12-13H,5,8,10-11H2,1-3H3;1H. The summed E-state index contributed by atoms with van der Waals surface area (Å²) in [5, 5.41) is 0. The third kappa shape index (κ3) is 3.90. The summed E-state index contributed by atoms with van der Waals surface area (Å²) >= 11 is 0. The topological polar surface area (TPSA) is 30.8 Å². The summed E-state index contributed by atoms with van der Waals surface area (Å²) < 4.78 is 10.7. The number of benzene rings is 2. The third-order valence-corrected chi connectivity index (χ3v) is 4.35. The number of hydrogen-bond donors (Lipinski definition) is 0. The Morgan fingerprint density at radius 1 is 0.958 bits per heavy atom. The predicted octanol–water partition coefficient (Wildman–Crippen LogP) is 4.41. The number of nitrogens with zero attached hydrogens (tertiary/aromatic N) is 1. The number of aliphatic imine (C=N–C) groups is 1. The van der Waals surface area contributed by atoms with Gasteiger partial charge in [-0.15, -0.1) is 12.4 Å². The fourth-order valence-corrected chi connectivity index (χ4v) is 3.12. The molecule has 3 nitrogen and oxygen atoms in total. The van der Waals surface area contributed by atoms with Gasteiger partial charge >= 0.3 is 0 Å². The summed E-state index contributed by atoms with van der Waals surface area (Å²) in [6.07, 6.45) is 2.95. The maximum absolute atomic E-state index is 5.38. The van der Waals surface area contributed by atoms with Gasteiger partial charge in [-0.2, -0.15) is 0 Å². The summed E-state index contributed by atoms with van der Waals surface area (Å²) in [6.45, 7) is 3.05. The number of fused-ring (bicyclic) bond motifs is 1. The first-order valence-electron chi connectivity index (χ1n) is 8.05. The molecule has 2 aromatic rings. The zero-order valence-corrected chi connectivity index (χ0v) is 15.3. The van der Waals surface area contributed by atoms with Crippen molar-refractivity contribution in [3.05, 3.63) is 58.7 Å². The molecule has 128 valence electrons. The van der Waals surface area contributed by atoms with Gasteiger partial charge in [0.05, 0.1) is 14.2 Å². The number of aryl methyl sites for hydroxylation is 2. The van der Waals surface area contributed by atoms with Crippen molar-refractivity contribution < 1.29 is 9.47 Å². The van der Waals surface area contributed by atoms with E-state index in [4.69, 9.17) is 14.5 Å². The van der Waals surface area contributed by atoms with E-state index >= 15 is 0 Å². The summed E-state index contributed by atoms with van der Waals surface area (Å²) in [7, 11) is 3.33. The molecule has 0 aliphatic carbocycles. The normalized spacial score (nSPS) is 12.7. The van der Waals surface area contributed by atoms with E-state index in [-0.39, 0.29) is 12.4 Å². The number of methoxy groups -OCH3 is 2. The van der Waals surface area contributed by atoms with Crippen LogP contribution >= 0.6 is 12.4 Å². The fraction of sp³-hybridized carbons (Fsp3) is 0.350. The van der Waals surface area contributed by atoms with Gasteiger partial charge in [0.2, 0.25) is 0 Å². The van der Waals surface area contributed by atoms with Crippen LogP contribution in [0.15, 0.2) is 41.4 Å². The molecule has 0 atom stereocenters. The SMILES string of the molecule is COc1ccc(CCC2=NCCc3cc(C)ccc32)cc1OC.Cl. The molecule has 1 heterocycles. The molecule has 1 aliphatic heterocycles. The van der Waals surface area contributed by atoms with E-state index in [0.29, 0.717) is 0 Å². The molecule has 0 radical (unpaired) electrons. The van der Waals surface area contributed by atoms with E-state index in [1.807, 2.05) is 6.07 Å². The van der Waals surface area contributed by atoms with Gasteiger partial charge in [-0.3, -0.25) is 4.99 Å². The molecule has 0 fully saturated rings. The Hall–Kier alpha value is -2.00. The highest BCUT2D eigenvalue weighted by Gasteiger charge is 2.14. The number of halogens is 1. The van der Waals surface area contributed by atoms with Crippen LogP contribution in [0, 0.1) is 6.92 Å². The van der Waals surface area contributed by atoms with E-state index in [0.717, 1.165) is 37.3 Å². The lowest BCUT2D eigenvalue weighted by Gasteiger charge is -2.18. The molecule has 0 unspecified atom stereocenters. The average molecular weight is 346 g/mol. The second-order valence-corrected chi connectivity index (χ2v) is 5.93. The molecule has 0 saturated carbocycles. The van der Waals surface area contributed by atoms with Crippen molar-refractivity contribution in [1.82, 2.24) is 0 Å². The van der Waals surface area contributed by atoms with Crippen LogP contribution in [0.1, 0.15) is 28.7 Å². The van der Waals surface area contributed by atoms with Crippen LogP contribution in [-0.4, -0.2) is 26.5 Å². The van der Waals surface area contributed by atoms with Crippen molar-refractivity contribution in [2.45, 2.75) is 26.2 Å². The van der Waals surface area contributed by atoms with Gasteiger partial charge in [0.25, 0.3) is 0 Å². The van der Waals surface area contributed by atoms with Crippen molar-refractivity contribution in [2.24, 2.45) is 4.99 Å². The number of hydrogen-bond acceptors (Lipinski definition) is 3. The van der Waals surface area contributed by atoms with E-state index in [9.17, 15) is 0 Å². The monoisotopic (exact) mass is 345 g/mol. The van der Waals surface area contributed by atoms with Gasteiger partial charge in [0.1, 0.15) is 0 Å². The Morgan fingerprint density at radius 3 is 2.50 bits per heavy atom. The average Bonchev–Trinajstić information content (AvgIpc) is 2.59. The van der Waals surface area contributed by atoms with Gasteiger partial charge in [0, 0.05) is 12.3 Å². The third-order valence-electron chi connectivity index (χ3n) is 4.35. The van der Waals surface area contributed by atoms with Crippen LogP contribution in [0.2, 0.25) is 0 Å². The highest BCUT2D eigenvalue weighted by Crippen LogP contribution is 2.28. The van der Waals surface area contributed by atoms with Crippen LogP contribution in [0.3, 0.4) is 0 Å². The van der Waals surface area contributed by atoms with E-state index in [1.165, 1.54) is 28.0 Å². The zero-order chi connectivity index (χ0) is 16.2. The minimum atomic E-state index is 0. The highest BCUT2D eigenvalue weighted by atomic mass is 35.5. The maximum Gasteiger partial charge on any atom is 0.160 e.